The second-order valence-electron chi connectivity index (χ2n) is 5.99. The van der Waals surface area contributed by atoms with Crippen molar-refractivity contribution in [1.29, 1.82) is 0 Å². The van der Waals surface area contributed by atoms with Crippen LogP contribution in [0.25, 0.3) is 0 Å². The number of esters is 2. The number of benzene rings is 1. The molecule has 0 aromatic heterocycles. The number of aliphatic hydroxyl groups is 1. The van der Waals surface area contributed by atoms with Crippen molar-refractivity contribution in [3.05, 3.63) is 46.8 Å². The summed E-state index contributed by atoms with van der Waals surface area (Å²) in [6, 6.07) is 1.36. The quantitative estimate of drug-likeness (QED) is 0.432. The Morgan fingerprint density at radius 1 is 1.19 bits per heavy atom. The van der Waals surface area contributed by atoms with Gasteiger partial charge in [0.25, 0.3) is 0 Å². The maximum absolute atomic E-state index is 13.6. The van der Waals surface area contributed by atoms with Crippen molar-refractivity contribution in [2.45, 2.75) is 51.4 Å². The number of carbonyl (C=O) groups is 2. The average molecular weight is 372 g/mol. The van der Waals surface area contributed by atoms with Gasteiger partial charge in [0.05, 0.1) is 0 Å². The Hall–Kier alpha value is -2.35. The van der Waals surface area contributed by atoms with Gasteiger partial charge < -0.3 is 14.6 Å². The van der Waals surface area contributed by atoms with Gasteiger partial charge in [-0.05, 0) is 37.3 Å². The van der Waals surface area contributed by atoms with Crippen LogP contribution in [0.3, 0.4) is 0 Å². The summed E-state index contributed by atoms with van der Waals surface area (Å²) in [5.41, 5.74) is 0.269. The van der Waals surface area contributed by atoms with Crippen LogP contribution in [0.2, 0.25) is 0 Å². The zero-order valence-corrected chi connectivity index (χ0v) is 14.1. The minimum absolute atomic E-state index is 0.0911. The Labute approximate surface area is 148 Å². The van der Waals surface area contributed by atoms with Crippen molar-refractivity contribution in [1.82, 2.24) is 0 Å². The number of rotatable bonds is 8. The second kappa shape index (κ2) is 8.84. The molecule has 2 rings (SSSR count). The number of carbonyl (C=O) groups excluding carboxylic acids is 2. The molecule has 0 amide bonds. The number of halogens is 3. The molecule has 8 heteroatoms. The summed E-state index contributed by atoms with van der Waals surface area (Å²) in [6.45, 7) is 1.21. The van der Waals surface area contributed by atoms with Crippen molar-refractivity contribution in [2.75, 3.05) is 0 Å². The number of hydrogen-bond acceptors (Lipinski definition) is 5. The Balaban J connectivity index is 1.84. The lowest BCUT2D eigenvalue weighted by atomic mass is 10.0. The molecule has 1 aliphatic rings. The van der Waals surface area contributed by atoms with Crippen LogP contribution in [0.5, 0.6) is 0 Å². The first-order valence-corrected chi connectivity index (χ1v) is 8.18. The van der Waals surface area contributed by atoms with Gasteiger partial charge in [-0.15, -0.1) is 0 Å². The molecule has 0 bridgehead atoms. The average Bonchev–Trinajstić information content (AvgIpc) is 2.88. The van der Waals surface area contributed by atoms with Crippen LogP contribution in [0.4, 0.5) is 13.2 Å². The van der Waals surface area contributed by atoms with Crippen LogP contribution in [0.1, 0.15) is 38.2 Å². The van der Waals surface area contributed by atoms with Gasteiger partial charge in [-0.3, -0.25) is 4.79 Å². The predicted molar refractivity (Wildman–Crippen MR) is 84.2 cm³/mol. The number of aryl methyl sites for hydroxylation is 1. The van der Waals surface area contributed by atoms with Crippen molar-refractivity contribution in [3.8, 4) is 0 Å². The van der Waals surface area contributed by atoms with Crippen LogP contribution in [0.15, 0.2) is 23.8 Å². The Morgan fingerprint density at radius 2 is 1.88 bits per heavy atom. The van der Waals surface area contributed by atoms with E-state index in [0.29, 0.717) is 31.7 Å². The van der Waals surface area contributed by atoms with E-state index >= 15 is 0 Å². The molecule has 0 saturated carbocycles. The molecule has 142 valence electrons. The van der Waals surface area contributed by atoms with E-state index in [9.17, 15) is 27.9 Å². The summed E-state index contributed by atoms with van der Waals surface area (Å²) < 4.78 is 49.3. The SMILES string of the molecule is CC(=O)OC(CCCCCc1cc(F)c(F)cc1F)C1=CC(=O)OC1O. The molecule has 0 radical (unpaired) electrons. The summed E-state index contributed by atoms with van der Waals surface area (Å²) in [4.78, 5) is 22.4. The van der Waals surface area contributed by atoms with E-state index < -0.39 is 41.8 Å². The van der Waals surface area contributed by atoms with Gasteiger partial charge in [0.1, 0.15) is 11.9 Å². The largest absolute Gasteiger partial charge is 0.458 e. The highest BCUT2D eigenvalue weighted by Crippen LogP contribution is 2.24. The Bertz CT molecular complexity index is 717. The Morgan fingerprint density at radius 3 is 2.50 bits per heavy atom. The molecule has 1 heterocycles. The molecule has 1 aromatic rings. The van der Waals surface area contributed by atoms with Crippen molar-refractivity contribution >= 4 is 11.9 Å². The summed E-state index contributed by atoms with van der Waals surface area (Å²) in [6.07, 6.45) is 1.06. The van der Waals surface area contributed by atoms with E-state index in [1.165, 1.54) is 6.92 Å². The van der Waals surface area contributed by atoms with E-state index in [1.807, 2.05) is 0 Å². The van der Waals surface area contributed by atoms with Crippen molar-refractivity contribution in [2.24, 2.45) is 0 Å². The number of unbranched alkanes of at least 4 members (excludes halogenated alkanes) is 2. The smallest absolute Gasteiger partial charge is 0.333 e. The minimum atomic E-state index is -1.44. The molecular formula is C18H19F3O5. The van der Waals surface area contributed by atoms with Gasteiger partial charge in [-0.25, -0.2) is 18.0 Å². The molecule has 5 nitrogen and oxygen atoms in total. The fourth-order valence-corrected chi connectivity index (χ4v) is 2.74. The lowest BCUT2D eigenvalue weighted by Crippen LogP contribution is -2.25. The lowest BCUT2D eigenvalue weighted by molar-refractivity contribution is -0.153. The highest BCUT2D eigenvalue weighted by atomic mass is 19.2. The minimum Gasteiger partial charge on any atom is -0.458 e. The van der Waals surface area contributed by atoms with Crippen LogP contribution >= 0.6 is 0 Å². The number of aliphatic hydroxyl groups excluding tert-OH is 1. The van der Waals surface area contributed by atoms with Crippen molar-refractivity contribution < 1.29 is 37.3 Å². The third-order valence-electron chi connectivity index (χ3n) is 3.98. The number of ether oxygens (including phenoxy) is 2. The molecule has 2 atom stereocenters. The van der Waals surface area contributed by atoms with E-state index in [1.54, 1.807) is 0 Å². The monoisotopic (exact) mass is 372 g/mol. The molecule has 1 aromatic carbocycles. The topological polar surface area (TPSA) is 72.8 Å². The fraction of sp³-hybridized carbons (Fsp3) is 0.444. The van der Waals surface area contributed by atoms with E-state index in [2.05, 4.69) is 4.74 Å². The van der Waals surface area contributed by atoms with Gasteiger partial charge in [0.2, 0.25) is 6.29 Å². The first kappa shape index (κ1) is 20.0. The molecule has 0 saturated heterocycles. The molecule has 0 fully saturated rings. The van der Waals surface area contributed by atoms with Gasteiger partial charge in [-0.1, -0.05) is 6.42 Å². The van der Waals surface area contributed by atoms with E-state index in [4.69, 9.17) is 4.74 Å². The first-order valence-electron chi connectivity index (χ1n) is 8.18. The summed E-state index contributed by atoms with van der Waals surface area (Å²) in [5, 5.41) is 9.66. The Kier molecular flexibility index (Phi) is 6.79. The molecular weight excluding hydrogens is 353 g/mol. The molecule has 1 aliphatic heterocycles. The molecule has 1 N–H and O–H groups in total. The first-order chi connectivity index (χ1) is 12.3. The zero-order chi connectivity index (χ0) is 19.3. The normalized spacial score (nSPS) is 17.7. The van der Waals surface area contributed by atoms with Crippen LogP contribution in [-0.4, -0.2) is 29.4 Å². The van der Waals surface area contributed by atoms with Gasteiger partial charge in [-0.2, -0.15) is 0 Å². The van der Waals surface area contributed by atoms with Crippen LogP contribution in [-0.2, 0) is 25.5 Å². The maximum atomic E-state index is 13.6. The van der Waals surface area contributed by atoms with Crippen LogP contribution in [0, 0.1) is 17.5 Å². The van der Waals surface area contributed by atoms with Crippen LogP contribution < -0.4 is 0 Å². The third kappa shape index (κ3) is 5.32. The van der Waals surface area contributed by atoms with Gasteiger partial charge >= 0.3 is 11.9 Å². The standard InChI is InChI=1S/C18H19F3O5/c1-10(22)25-16(12-8-17(23)26-18(12)24)6-4-2-3-5-11-7-14(20)15(21)9-13(11)19/h7-9,16,18,24H,2-6H2,1H3. The second-order valence-corrected chi connectivity index (χ2v) is 5.99. The number of cyclic esters (lactones) is 1. The third-order valence-corrected chi connectivity index (χ3v) is 3.98. The summed E-state index contributed by atoms with van der Waals surface area (Å²) >= 11 is 0. The van der Waals surface area contributed by atoms with Gasteiger partial charge in [0, 0.05) is 24.6 Å². The molecule has 2 unspecified atom stereocenters. The number of hydrogen-bond donors (Lipinski definition) is 1. The summed E-state index contributed by atoms with van der Waals surface area (Å²) in [7, 11) is 0. The van der Waals surface area contributed by atoms with Crippen molar-refractivity contribution in [3.63, 3.8) is 0 Å². The highest BCUT2D eigenvalue weighted by molar-refractivity contribution is 5.86. The lowest BCUT2D eigenvalue weighted by Gasteiger charge is -2.19. The predicted octanol–water partition coefficient (Wildman–Crippen LogP) is 2.94. The molecule has 0 spiro atoms. The molecule has 26 heavy (non-hydrogen) atoms. The highest BCUT2D eigenvalue weighted by Gasteiger charge is 2.31. The zero-order valence-electron chi connectivity index (χ0n) is 14.1. The maximum Gasteiger partial charge on any atom is 0.333 e. The van der Waals surface area contributed by atoms with E-state index in [-0.39, 0.29) is 17.6 Å². The summed E-state index contributed by atoms with van der Waals surface area (Å²) in [5.74, 6) is -4.39. The fourth-order valence-electron chi connectivity index (χ4n) is 2.74. The van der Waals surface area contributed by atoms with Gasteiger partial charge in [0.15, 0.2) is 11.6 Å². The molecule has 0 aliphatic carbocycles. The van der Waals surface area contributed by atoms with E-state index in [0.717, 1.165) is 12.1 Å².